The summed E-state index contributed by atoms with van der Waals surface area (Å²) in [7, 11) is 5.21. The van der Waals surface area contributed by atoms with Crippen molar-refractivity contribution in [1.82, 2.24) is 19.8 Å². The van der Waals surface area contributed by atoms with Crippen LogP contribution in [0.4, 0.5) is 0 Å². The van der Waals surface area contributed by atoms with E-state index >= 15 is 0 Å². The van der Waals surface area contributed by atoms with Crippen molar-refractivity contribution in [3.8, 4) is 11.5 Å². The number of benzene rings is 1. The Balaban J connectivity index is 0.00000300. The molecule has 0 spiro atoms. The molecule has 3 rings (SSSR count). The van der Waals surface area contributed by atoms with Gasteiger partial charge in [0.25, 0.3) is 0 Å². The zero-order valence-corrected chi connectivity index (χ0v) is 20.1. The molecule has 0 unspecified atom stereocenters. The average Bonchev–Trinajstić information content (AvgIpc) is 3.13. The second-order valence-corrected chi connectivity index (χ2v) is 7.00. The molecule has 2 aromatic rings. The van der Waals surface area contributed by atoms with Gasteiger partial charge in [-0.2, -0.15) is 0 Å². The van der Waals surface area contributed by atoms with Crippen LogP contribution in [0.5, 0.6) is 11.5 Å². The lowest BCUT2D eigenvalue weighted by molar-refractivity contribution is 0.346. The van der Waals surface area contributed by atoms with E-state index in [-0.39, 0.29) is 24.0 Å². The van der Waals surface area contributed by atoms with Gasteiger partial charge in [0.2, 0.25) is 0 Å². The van der Waals surface area contributed by atoms with E-state index < -0.39 is 0 Å². The molecule has 0 amide bonds. The van der Waals surface area contributed by atoms with Gasteiger partial charge in [0.1, 0.15) is 5.82 Å². The molecular weight excluding hydrogens is 481 g/mol. The molecule has 0 bridgehead atoms. The molecule has 0 radical (unpaired) electrons. The molecule has 0 saturated heterocycles. The van der Waals surface area contributed by atoms with Gasteiger partial charge < -0.3 is 24.3 Å². The van der Waals surface area contributed by atoms with Gasteiger partial charge in [-0.3, -0.25) is 4.99 Å². The summed E-state index contributed by atoms with van der Waals surface area (Å²) in [5, 5.41) is 3.51. The number of unbranched alkanes of at least 4 members (excludes halogenated alkanes) is 1. The SMILES string of the molecule is CN=C(NCCCCn1ccnc1C)N1CCc2cc(OC)c(OC)cc2C1.I. The molecule has 0 aliphatic carbocycles. The Hall–Kier alpha value is -1.97. The molecule has 0 fully saturated rings. The molecule has 1 aromatic carbocycles. The highest BCUT2D eigenvalue weighted by molar-refractivity contribution is 14.0. The lowest BCUT2D eigenvalue weighted by atomic mass is 9.99. The van der Waals surface area contributed by atoms with E-state index in [4.69, 9.17) is 9.47 Å². The number of guanidine groups is 1. The topological polar surface area (TPSA) is 63.9 Å². The second-order valence-electron chi connectivity index (χ2n) is 7.00. The van der Waals surface area contributed by atoms with Gasteiger partial charge in [0, 0.05) is 45.6 Å². The van der Waals surface area contributed by atoms with Crippen LogP contribution in [0.2, 0.25) is 0 Å². The third kappa shape index (κ3) is 5.77. The summed E-state index contributed by atoms with van der Waals surface area (Å²) < 4.78 is 13.1. The van der Waals surface area contributed by atoms with E-state index in [1.165, 1.54) is 11.1 Å². The first-order valence-electron chi connectivity index (χ1n) is 9.83. The lowest BCUT2D eigenvalue weighted by Gasteiger charge is -2.32. The number of aliphatic imine (C=N–C) groups is 1. The minimum Gasteiger partial charge on any atom is -0.493 e. The third-order valence-electron chi connectivity index (χ3n) is 5.26. The van der Waals surface area contributed by atoms with Crippen molar-refractivity contribution in [2.24, 2.45) is 4.99 Å². The number of hydrogen-bond acceptors (Lipinski definition) is 4. The summed E-state index contributed by atoms with van der Waals surface area (Å²) >= 11 is 0. The van der Waals surface area contributed by atoms with E-state index in [0.717, 1.165) is 68.7 Å². The number of halogens is 1. The Morgan fingerprint density at radius 1 is 1.17 bits per heavy atom. The quantitative estimate of drug-likeness (QED) is 0.267. The zero-order valence-electron chi connectivity index (χ0n) is 17.8. The maximum absolute atomic E-state index is 5.46. The molecular formula is C21H32IN5O2. The van der Waals surface area contributed by atoms with Crippen LogP contribution in [0.1, 0.15) is 29.8 Å². The summed E-state index contributed by atoms with van der Waals surface area (Å²) in [6, 6.07) is 4.18. The Morgan fingerprint density at radius 2 is 1.90 bits per heavy atom. The summed E-state index contributed by atoms with van der Waals surface area (Å²) in [5.74, 6) is 3.60. The highest BCUT2D eigenvalue weighted by Gasteiger charge is 2.21. The lowest BCUT2D eigenvalue weighted by Crippen LogP contribution is -2.44. The van der Waals surface area contributed by atoms with E-state index in [9.17, 15) is 0 Å². The number of fused-ring (bicyclic) bond motifs is 1. The zero-order chi connectivity index (χ0) is 19.9. The molecule has 29 heavy (non-hydrogen) atoms. The molecule has 0 saturated carbocycles. The van der Waals surface area contributed by atoms with Gasteiger partial charge in [-0.15, -0.1) is 24.0 Å². The minimum absolute atomic E-state index is 0. The van der Waals surface area contributed by atoms with Crippen LogP contribution in [0, 0.1) is 6.92 Å². The van der Waals surface area contributed by atoms with Crippen molar-refractivity contribution >= 4 is 29.9 Å². The van der Waals surface area contributed by atoms with Gasteiger partial charge in [0.15, 0.2) is 17.5 Å². The molecule has 1 aromatic heterocycles. The number of imidazole rings is 1. The van der Waals surface area contributed by atoms with Crippen molar-refractivity contribution in [2.75, 3.05) is 34.4 Å². The Morgan fingerprint density at radius 3 is 2.52 bits per heavy atom. The molecule has 7 nitrogen and oxygen atoms in total. The highest BCUT2D eigenvalue weighted by atomic mass is 127. The van der Waals surface area contributed by atoms with Crippen LogP contribution in [0.25, 0.3) is 0 Å². The molecule has 8 heteroatoms. The number of hydrogen-bond donors (Lipinski definition) is 1. The summed E-state index contributed by atoms with van der Waals surface area (Å²) in [6.07, 6.45) is 7.06. The summed E-state index contributed by atoms with van der Waals surface area (Å²) in [5.41, 5.74) is 2.59. The maximum Gasteiger partial charge on any atom is 0.193 e. The fourth-order valence-electron chi connectivity index (χ4n) is 3.64. The Kier molecular flexibility index (Phi) is 9.06. The number of aryl methyl sites for hydroxylation is 2. The van der Waals surface area contributed by atoms with Gasteiger partial charge >= 0.3 is 0 Å². The molecule has 1 aliphatic rings. The molecule has 0 atom stereocenters. The standard InChI is InChI=1S/C21H31N5O2.HI/c1-16-23-9-12-25(16)10-6-5-8-24-21(22-2)26-11-7-17-13-19(27-3)20(28-4)14-18(17)15-26;/h9,12-14H,5-8,10-11,15H2,1-4H3,(H,22,24);1H. The molecule has 1 aliphatic heterocycles. The van der Waals surface area contributed by atoms with Gasteiger partial charge in [-0.05, 0) is 49.4 Å². The van der Waals surface area contributed by atoms with Crippen LogP contribution in [-0.4, -0.2) is 54.8 Å². The first kappa shape index (κ1) is 23.3. The van der Waals surface area contributed by atoms with Crippen LogP contribution < -0.4 is 14.8 Å². The second kappa shape index (κ2) is 11.3. The predicted molar refractivity (Wildman–Crippen MR) is 127 cm³/mol. The number of methoxy groups -OCH3 is 2. The van der Waals surface area contributed by atoms with E-state index in [0.29, 0.717) is 0 Å². The number of ether oxygens (including phenoxy) is 2. The first-order chi connectivity index (χ1) is 13.7. The van der Waals surface area contributed by atoms with E-state index in [1.54, 1.807) is 14.2 Å². The fraction of sp³-hybridized carbons (Fsp3) is 0.524. The largest absolute Gasteiger partial charge is 0.493 e. The monoisotopic (exact) mass is 513 g/mol. The van der Waals surface area contributed by atoms with Gasteiger partial charge in [0.05, 0.1) is 14.2 Å². The minimum atomic E-state index is 0. The Labute approximate surface area is 190 Å². The summed E-state index contributed by atoms with van der Waals surface area (Å²) in [4.78, 5) is 11.0. The maximum atomic E-state index is 5.46. The first-order valence-corrected chi connectivity index (χ1v) is 9.83. The van der Waals surface area contributed by atoms with Gasteiger partial charge in [-0.1, -0.05) is 0 Å². The number of nitrogens with zero attached hydrogens (tertiary/aromatic N) is 4. The Bertz CT molecular complexity index is 821. The van der Waals surface area contributed by atoms with Crippen LogP contribution in [0.15, 0.2) is 29.5 Å². The normalized spacial score (nSPS) is 13.5. The molecule has 1 N–H and O–H groups in total. The smallest absolute Gasteiger partial charge is 0.193 e. The number of rotatable bonds is 7. The highest BCUT2D eigenvalue weighted by Crippen LogP contribution is 2.33. The van der Waals surface area contributed by atoms with Crippen molar-refractivity contribution in [1.29, 1.82) is 0 Å². The summed E-state index contributed by atoms with van der Waals surface area (Å²) in [6.45, 7) is 5.72. The van der Waals surface area contributed by atoms with Crippen LogP contribution in [-0.2, 0) is 19.5 Å². The number of nitrogens with one attached hydrogen (secondary N) is 1. The third-order valence-corrected chi connectivity index (χ3v) is 5.26. The van der Waals surface area contributed by atoms with E-state index in [2.05, 4.69) is 36.9 Å². The average molecular weight is 513 g/mol. The van der Waals surface area contributed by atoms with E-state index in [1.807, 2.05) is 26.4 Å². The van der Waals surface area contributed by atoms with Crippen molar-refractivity contribution in [3.05, 3.63) is 41.5 Å². The van der Waals surface area contributed by atoms with Crippen molar-refractivity contribution < 1.29 is 9.47 Å². The molecule has 2 heterocycles. The van der Waals surface area contributed by atoms with Crippen molar-refractivity contribution in [3.63, 3.8) is 0 Å². The van der Waals surface area contributed by atoms with Crippen LogP contribution >= 0.6 is 24.0 Å². The molecule has 160 valence electrons. The number of aromatic nitrogens is 2. The predicted octanol–water partition coefficient (Wildman–Crippen LogP) is 3.24. The fourth-order valence-corrected chi connectivity index (χ4v) is 3.64. The van der Waals surface area contributed by atoms with Gasteiger partial charge in [-0.25, -0.2) is 4.98 Å². The van der Waals surface area contributed by atoms with Crippen molar-refractivity contribution in [2.45, 2.75) is 39.3 Å². The van der Waals surface area contributed by atoms with Crippen LogP contribution in [0.3, 0.4) is 0 Å².